The first-order chi connectivity index (χ1) is 6.58. The molecule has 0 aromatic rings. The maximum atomic E-state index is 11.0. The Morgan fingerprint density at radius 2 is 2.36 bits per heavy atom. The number of hydrogen-bond donors (Lipinski definition) is 0. The first-order valence-electron chi connectivity index (χ1n) is 4.26. The molecule has 1 atom stereocenters. The van der Waals surface area contributed by atoms with Gasteiger partial charge in [0, 0.05) is 23.2 Å². The number of hydrogen-bond acceptors (Lipinski definition) is 4. The van der Waals surface area contributed by atoms with E-state index in [1.54, 1.807) is 7.11 Å². The summed E-state index contributed by atoms with van der Waals surface area (Å²) in [5.74, 6) is -0.274. The van der Waals surface area contributed by atoms with E-state index in [4.69, 9.17) is 14.2 Å². The van der Waals surface area contributed by atoms with Crippen LogP contribution in [0.25, 0.3) is 0 Å². The van der Waals surface area contributed by atoms with E-state index in [0.29, 0.717) is 13.0 Å². The van der Waals surface area contributed by atoms with E-state index >= 15 is 0 Å². The lowest BCUT2D eigenvalue weighted by molar-refractivity contribution is -0.146. The van der Waals surface area contributed by atoms with Gasteiger partial charge in [-0.05, 0) is 29.5 Å². The Morgan fingerprint density at radius 3 is 2.86 bits per heavy atom. The highest BCUT2D eigenvalue weighted by Crippen LogP contribution is 2.35. The van der Waals surface area contributed by atoms with Crippen LogP contribution >= 0.6 is 22.6 Å². The summed E-state index contributed by atoms with van der Waals surface area (Å²) in [6.45, 7) is 2.66. The molecule has 1 aliphatic heterocycles. The Hall–Kier alpha value is -0.140. The van der Waals surface area contributed by atoms with Gasteiger partial charge in [0.05, 0.1) is 6.61 Å². The maximum Gasteiger partial charge on any atom is 0.332 e. The van der Waals surface area contributed by atoms with E-state index in [1.807, 2.05) is 6.92 Å². The molecule has 0 fully saturated rings. The van der Waals surface area contributed by atoms with E-state index in [-0.39, 0.29) is 12.8 Å². The average Bonchev–Trinajstić information content (AvgIpc) is 2.36. The van der Waals surface area contributed by atoms with Crippen molar-refractivity contribution in [2.24, 2.45) is 0 Å². The van der Waals surface area contributed by atoms with Crippen LogP contribution < -0.4 is 0 Å². The average molecular weight is 312 g/mol. The Balaban J connectivity index is 2.36. The van der Waals surface area contributed by atoms with E-state index < -0.39 is 5.60 Å². The van der Waals surface area contributed by atoms with Crippen LogP contribution in [-0.2, 0) is 19.0 Å². The highest BCUT2D eigenvalue weighted by molar-refractivity contribution is 14.1. The fraction of sp³-hybridized carbons (Fsp3) is 0.667. The Kier molecular flexibility index (Phi) is 4.33. The minimum absolute atomic E-state index is 0.268. The van der Waals surface area contributed by atoms with Crippen LogP contribution in [0.1, 0.15) is 13.3 Å². The molecule has 0 saturated carbocycles. The van der Waals surface area contributed by atoms with Crippen molar-refractivity contribution in [2.75, 3.05) is 20.5 Å². The lowest BCUT2D eigenvalue weighted by Crippen LogP contribution is -2.28. The fourth-order valence-electron chi connectivity index (χ4n) is 1.14. The third kappa shape index (κ3) is 2.93. The first kappa shape index (κ1) is 11.9. The summed E-state index contributed by atoms with van der Waals surface area (Å²) < 4.78 is 16.0. The highest BCUT2D eigenvalue weighted by Gasteiger charge is 2.36. The molecule has 0 N–H and O–H groups in total. The second-order valence-electron chi connectivity index (χ2n) is 3.21. The van der Waals surface area contributed by atoms with Crippen LogP contribution in [-0.4, -0.2) is 32.1 Å². The Morgan fingerprint density at radius 1 is 1.64 bits per heavy atom. The molecule has 80 valence electrons. The van der Waals surface area contributed by atoms with Gasteiger partial charge in [-0.3, -0.25) is 0 Å². The lowest BCUT2D eigenvalue weighted by Gasteiger charge is -2.23. The number of halogens is 1. The lowest BCUT2D eigenvalue weighted by atomic mass is 10.0. The molecule has 0 aromatic carbocycles. The molecule has 0 radical (unpaired) electrons. The number of carbonyl (C=O) groups is 1. The van der Waals surface area contributed by atoms with Crippen molar-refractivity contribution in [1.29, 1.82) is 0 Å². The number of rotatable bonds is 5. The molecular weight excluding hydrogens is 299 g/mol. The standard InChI is InChI=1S/C9H13IO4/c1-9(3-4-13-6-12-2)7(10)5-8(11)14-9/h5H,3-4,6H2,1-2H3. The van der Waals surface area contributed by atoms with Gasteiger partial charge < -0.3 is 14.2 Å². The molecule has 0 aromatic heterocycles. The number of esters is 1. The van der Waals surface area contributed by atoms with Crippen molar-refractivity contribution < 1.29 is 19.0 Å². The molecule has 14 heavy (non-hydrogen) atoms. The molecule has 1 rings (SSSR count). The number of methoxy groups -OCH3 is 1. The molecule has 4 nitrogen and oxygen atoms in total. The Bertz CT molecular complexity index is 251. The van der Waals surface area contributed by atoms with Gasteiger partial charge in [-0.15, -0.1) is 0 Å². The molecule has 5 heteroatoms. The molecule has 0 spiro atoms. The second kappa shape index (κ2) is 5.09. The predicted octanol–water partition coefficient (Wildman–Crippen LogP) is 1.63. The largest absolute Gasteiger partial charge is 0.451 e. The second-order valence-corrected chi connectivity index (χ2v) is 4.37. The van der Waals surface area contributed by atoms with Gasteiger partial charge in [0.15, 0.2) is 0 Å². The van der Waals surface area contributed by atoms with Gasteiger partial charge in [-0.2, -0.15) is 0 Å². The van der Waals surface area contributed by atoms with Crippen molar-refractivity contribution in [3.05, 3.63) is 9.66 Å². The normalized spacial score (nSPS) is 26.2. The number of ether oxygens (including phenoxy) is 3. The number of cyclic esters (lactones) is 1. The van der Waals surface area contributed by atoms with Crippen LogP contribution in [0.15, 0.2) is 9.66 Å². The molecule has 1 aliphatic rings. The molecule has 0 amide bonds. The topological polar surface area (TPSA) is 44.8 Å². The van der Waals surface area contributed by atoms with Crippen molar-refractivity contribution in [2.45, 2.75) is 18.9 Å². The van der Waals surface area contributed by atoms with Gasteiger partial charge in [0.25, 0.3) is 0 Å². The van der Waals surface area contributed by atoms with Crippen molar-refractivity contribution in [3.8, 4) is 0 Å². The van der Waals surface area contributed by atoms with Gasteiger partial charge in [0.1, 0.15) is 12.4 Å². The zero-order valence-electron chi connectivity index (χ0n) is 8.21. The fourth-order valence-corrected chi connectivity index (χ4v) is 1.77. The third-order valence-corrected chi connectivity index (χ3v) is 3.45. The van der Waals surface area contributed by atoms with E-state index in [2.05, 4.69) is 22.6 Å². The van der Waals surface area contributed by atoms with E-state index in [1.165, 1.54) is 6.08 Å². The molecule has 0 saturated heterocycles. The minimum Gasteiger partial charge on any atom is -0.451 e. The summed E-state index contributed by atoms with van der Waals surface area (Å²) in [6, 6.07) is 0. The predicted molar refractivity (Wildman–Crippen MR) is 59.0 cm³/mol. The van der Waals surface area contributed by atoms with Gasteiger partial charge in [-0.1, -0.05) is 0 Å². The summed E-state index contributed by atoms with van der Waals surface area (Å²) in [4.78, 5) is 11.0. The van der Waals surface area contributed by atoms with Crippen molar-refractivity contribution in [1.82, 2.24) is 0 Å². The minimum atomic E-state index is -0.509. The Labute approximate surface area is 96.7 Å². The van der Waals surface area contributed by atoms with Crippen LogP contribution in [0.2, 0.25) is 0 Å². The molecule has 0 bridgehead atoms. The zero-order chi connectivity index (χ0) is 10.6. The van der Waals surface area contributed by atoms with Crippen LogP contribution in [0, 0.1) is 0 Å². The van der Waals surface area contributed by atoms with Gasteiger partial charge in [-0.25, -0.2) is 4.79 Å². The van der Waals surface area contributed by atoms with Gasteiger partial charge in [0.2, 0.25) is 0 Å². The zero-order valence-corrected chi connectivity index (χ0v) is 10.4. The van der Waals surface area contributed by atoms with Crippen LogP contribution in [0.3, 0.4) is 0 Å². The quantitative estimate of drug-likeness (QED) is 0.335. The maximum absolute atomic E-state index is 11.0. The summed E-state index contributed by atoms with van der Waals surface area (Å²) in [5, 5.41) is 0. The van der Waals surface area contributed by atoms with Gasteiger partial charge >= 0.3 is 5.97 Å². The molecule has 0 aliphatic carbocycles. The van der Waals surface area contributed by atoms with E-state index in [0.717, 1.165) is 3.58 Å². The molecular formula is C9H13IO4. The summed E-state index contributed by atoms with van der Waals surface area (Å²) in [6.07, 6.45) is 2.16. The first-order valence-corrected chi connectivity index (χ1v) is 5.34. The summed E-state index contributed by atoms with van der Waals surface area (Å²) in [7, 11) is 1.57. The van der Waals surface area contributed by atoms with E-state index in [9.17, 15) is 4.79 Å². The number of carbonyl (C=O) groups excluding carboxylic acids is 1. The van der Waals surface area contributed by atoms with Crippen LogP contribution in [0.5, 0.6) is 0 Å². The molecule has 1 unspecified atom stereocenters. The monoisotopic (exact) mass is 312 g/mol. The SMILES string of the molecule is COCOCCC1(C)OC(=O)C=C1I. The third-order valence-electron chi connectivity index (χ3n) is 2.00. The van der Waals surface area contributed by atoms with Crippen LogP contribution in [0.4, 0.5) is 0 Å². The van der Waals surface area contributed by atoms with Crippen molar-refractivity contribution >= 4 is 28.6 Å². The summed E-state index contributed by atoms with van der Waals surface area (Å²) >= 11 is 2.12. The smallest absolute Gasteiger partial charge is 0.332 e. The highest BCUT2D eigenvalue weighted by atomic mass is 127. The van der Waals surface area contributed by atoms with Crippen molar-refractivity contribution in [3.63, 3.8) is 0 Å². The summed E-state index contributed by atoms with van der Waals surface area (Å²) in [5.41, 5.74) is -0.509. The molecule has 1 heterocycles.